The lowest BCUT2D eigenvalue weighted by Gasteiger charge is -2.26. The number of para-hydroxylation sites is 2. The van der Waals surface area contributed by atoms with Gasteiger partial charge >= 0.3 is 0 Å². The molecule has 4 heteroatoms. The Morgan fingerprint density at radius 3 is 2.08 bits per heavy atom. The molecule has 3 aromatic carbocycles. The predicted octanol–water partition coefficient (Wildman–Crippen LogP) is 5.23. The van der Waals surface area contributed by atoms with Crippen LogP contribution in [0.4, 0.5) is 15.8 Å². The molecular weight excluding hydrogens is 319 g/mol. The third kappa shape index (κ3) is 3.97. The van der Waals surface area contributed by atoms with E-state index in [0.717, 1.165) is 11.3 Å². The van der Waals surface area contributed by atoms with Crippen molar-refractivity contribution in [2.75, 3.05) is 10.2 Å². The van der Waals surface area contributed by atoms with Gasteiger partial charge in [-0.15, -0.1) is 0 Å². The first kappa shape index (κ1) is 16.1. The minimum Gasteiger partial charge on any atom is -0.330 e. The van der Waals surface area contributed by atoms with Gasteiger partial charge in [-0.25, -0.2) is 4.39 Å². The van der Waals surface area contributed by atoms with Crippen molar-refractivity contribution in [2.45, 2.75) is 6.54 Å². The van der Waals surface area contributed by atoms with Crippen LogP contribution in [0, 0.1) is 5.82 Å². The highest BCUT2D eigenvalue weighted by atomic mass is 32.1. The fourth-order valence-electron chi connectivity index (χ4n) is 2.40. The van der Waals surface area contributed by atoms with E-state index in [4.69, 9.17) is 12.2 Å². The van der Waals surface area contributed by atoms with E-state index in [9.17, 15) is 4.39 Å². The lowest BCUT2D eigenvalue weighted by atomic mass is 10.2. The second kappa shape index (κ2) is 7.70. The highest BCUT2D eigenvalue weighted by Gasteiger charge is 2.14. The van der Waals surface area contributed by atoms with E-state index >= 15 is 0 Å². The maximum Gasteiger partial charge on any atom is 0.178 e. The van der Waals surface area contributed by atoms with Crippen molar-refractivity contribution in [3.63, 3.8) is 0 Å². The molecule has 0 aliphatic heterocycles. The van der Waals surface area contributed by atoms with Crippen LogP contribution in [0.3, 0.4) is 0 Å². The molecule has 2 nitrogen and oxygen atoms in total. The number of hydrogen-bond donors (Lipinski definition) is 1. The summed E-state index contributed by atoms with van der Waals surface area (Å²) < 4.78 is 13.9. The third-order valence-electron chi connectivity index (χ3n) is 3.61. The molecule has 0 bridgehead atoms. The van der Waals surface area contributed by atoms with Gasteiger partial charge in [-0.05, 0) is 42.0 Å². The summed E-state index contributed by atoms with van der Waals surface area (Å²) in [6.45, 7) is 0.602. The summed E-state index contributed by atoms with van der Waals surface area (Å²) in [5.41, 5.74) is 2.45. The van der Waals surface area contributed by atoms with Crippen molar-refractivity contribution in [1.82, 2.24) is 0 Å². The van der Waals surface area contributed by atoms with Crippen LogP contribution in [0.5, 0.6) is 0 Å². The SMILES string of the molecule is Fc1ccccc1NC(=S)N(Cc1ccccc1)c1ccccc1. The molecule has 0 saturated carbocycles. The molecule has 0 amide bonds. The lowest BCUT2D eigenvalue weighted by molar-refractivity contribution is 0.632. The number of hydrogen-bond acceptors (Lipinski definition) is 1. The largest absolute Gasteiger partial charge is 0.330 e. The number of halogens is 1. The van der Waals surface area contributed by atoms with E-state index in [0.29, 0.717) is 17.3 Å². The van der Waals surface area contributed by atoms with Crippen molar-refractivity contribution in [3.8, 4) is 0 Å². The van der Waals surface area contributed by atoms with Crippen molar-refractivity contribution < 1.29 is 4.39 Å². The number of anilines is 2. The van der Waals surface area contributed by atoms with Crippen LogP contribution in [0.25, 0.3) is 0 Å². The molecule has 24 heavy (non-hydrogen) atoms. The van der Waals surface area contributed by atoms with Gasteiger partial charge in [-0.1, -0.05) is 60.7 Å². The average molecular weight is 336 g/mol. The minimum atomic E-state index is -0.326. The Labute approximate surface area is 146 Å². The van der Waals surface area contributed by atoms with E-state index < -0.39 is 0 Å². The van der Waals surface area contributed by atoms with Crippen LogP contribution >= 0.6 is 12.2 Å². The minimum absolute atomic E-state index is 0.326. The quantitative estimate of drug-likeness (QED) is 0.657. The molecule has 0 aliphatic carbocycles. The molecule has 0 saturated heterocycles. The summed E-state index contributed by atoms with van der Waals surface area (Å²) in [7, 11) is 0. The number of thiocarbonyl (C=S) groups is 1. The zero-order valence-corrected chi connectivity index (χ0v) is 13.8. The Kier molecular flexibility index (Phi) is 5.18. The molecular formula is C20H17FN2S. The van der Waals surface area contributed by atoms with Gasteiger partial charge in [0.25, 0.3) is 0 Å². The summed E-state index contributed by atoms with van der Waals surface area (Å²) in [6.07, 6.45) is 0. The molecule has 0 heterocycles. The Balaban J connectivity index is 1.87. The van der Waals surface area contributed by atoms with Crippen molar-refractivity contribution in [3.05, 3.63) is 96.3 Å². The normalized spacial score (nSPS) is 10.2. The van der Waals surface area contributed by atoms with Gasteiger partial charge in [0.2, 0.25) is 0 Å². The molecule has 120 valence electrons. The Morgan fingerprint density at radius 1 is 0.833 bits per heavy atom. The molecule has 1 N–H and O–H groups in total. The predicted molar refractivity (Wildman–Crippen MR) is 102 cm³/mol. The molecule has 0 unspecified atom stereocenters. The molecule has 0 spiro atoms. The van der Waals surface area contributed by atoms with Gasteiger partial charge < -0.3 is 10.2 Å². The molecule has 0 atom stereocenters. The maximum atomic E-state index is 13.9. The number of benzene rings is 3. The molecule has 3 rings (SSSR count). The van der Waals surface area contributed by atoms with Crippen LogP contribution in [0.1, 0.15) is 5.56 Å². The Hall–Kier alpha value is -2.72. The van der Waals surface area contributed by atoms with Gasteiger partial charge in [0.1, 0.15) is 5.82 Å². The smallest absolute Gasteiger partial charge is 0.178 e. The third-order valence-corrected chi connectivity index (χ3v) is 3.93. The monoisotopic (exact) mass is 336 g/mol. The van der Waals surface area contributed by atoms with Gasteiger partial charge in [0.15, 0.2) is 5.11 Å². The van der Waals surface area contributed by atoms with Gasteiger partial charge in [-0.3, -0.25) is 0 Å². The van der Waals surface area contributed by atoms with Gasteiger partial charge in [-0.2, -0.15) is 0 Å². The summed E-state index contributed by atoms with van der Waals surface area (Å²) >= 11 is 5.55. The maximum absolute atomic E-state index is 13.9. The standard InChI is InChI=1S/C20H17FN2S/c21-18-13-7-8-14-19(18)22-20(24)23(17-11-5-2-6-12-17)15-16-9-3-1-4-10-16/h1-14H,15H2,(H,22,24). The lowest BCUT2D eigenvalue weighted by Crippen LogP contribution is -2.34. The van der Waals surface area contributed by atoms with Crippen LogP contribution in [-0.4, -0.2) is 5.11 Å². The summed E-state index contributed by atoms with van der Waals surface area (Å²) in [6, 6.07) is 26.4. The zero-order valence-electron chi connectivity index (χ0n) is 13.0. The van der Waals surface area contributed by atoms with Crippen molar-refractivity contribution in [2.24, 2.45) is 0 Å². The fraction of sp³-hybridized carbons (Fsp3) is 0.0500. The van der Waals surface area contributed by atoms with E-state index in [1.807, 2.05) is 65.6 Å². The second-order valence-corrected chi connectivity index (χ2v) is 5.70. The Bertz CT molecular complexity index is 806. The van der Waals surface area contributed by atoms with Crippen molar-refractivity contribution in [1.29, 1.82) is 0 Å². The average Bonchev–Trinajstić information content (AvgIpc) is 2.63. The van der Waals surface area contributed by atoms with Gasteiger partial charge in [0, 0.05) is 5.69 Å². The molecule has 3 aromatic rings. The van der Waals surface area contributed by atoms with E-state index in [2.05, 4.69) is 5.32 Å². The van der Waals surface area contributed by atoms with E-state index in [-0.39, 0.29) is 5.82 Å². The number of rotatable bonds is 4. The van der Waals surface area contributed by atoms with Gasteiger partial charge in [0.05, 0.1) is 12.2 Å². The molecule has 0 aromatic heterocycles. The highest BCUT2D eigenvalue weighted by Crippen LogP contribution is 2.20. The summed E-state index contributed by atoms with van der Waals surface area (Å²) in [4.78, 5) is 1.96. The first-order valence-electron chi connectivity index (χ1n) is 7.66. The summed E-state index contributed by atoms with van der Waals surface area (Å²) in [5, 5.41) is 3.47. The van der Waals surface area contributed by atoms with E-state index in [1.165, 1.54) is 6.07 Å². The first-order chi connectivity index (χ1) is 11.7. The van der Waals surface area contributed by atoms with Crippen LogP contribution in [0.2, 0.25) is 0 Å². The molecule has 0 aliphatic rings. The molecule has 0 fully saturated rings. The second-order valence-electron chi connectivity index (χ2n) is 5.32. The van der Waals surface area contributed by atoms with Crippen LogP contribution < -0.4 is 10.2 Å². The molecule has 0 radical (unpaired) electrons. The highest BCUT2D eigenvalue weighted by molar-refractivity contribution is 7.80. The van der Waals surface area contributed by atoms with Crippen LogP contribution in [-0.2, 0) is 6.54 Å². The number of nitrogens with zero attached hydrogens (tertiary/aromatic N) is 1. The van der Waals surface area contributed by atoms with Crippen molar-refractivity contribution >= 4 is 28.7 Å². The van der Waals surface area contributed by atoms with E-state index in [1.54, 1.807) is 18.2 Å². The fourth-order valence-corrected chi connectivity index (χ4v) is 2.68. The van der Waals surface area contributed by atoms with Crippen LogP contribution in [0.15, 0.2) is 84.9 Å². The number of nitrogens with one attached hydrogen (secondary N) is 1. The first-order valence-corrected chi connectivity index (χ1v) is 8.07. The topological polar surface area (TPSA) is 15.3 Å². The zero-order chi connectivity index (χ0) is 16.8. The Morgan fingerprint density at radius 2 is 1.42 bits per heavy atom. The summed E-state index contributed by atoms with van der Waals surface area (Å²) in [5.74, 6) is -0.326.